The van der Waals surface area contributed by atoms with Crippen LogP contribution < -0.4 is 0 Å². The van der Waals surface area contributed by atoms with Crippen molar-refractivity contribution >= 4 is 17.7 Å². The number of morpholine rings is 1. The summed E-state index contributed by atoms with van der Waals surface area (Å²) in [6.07, 6.45) is 1.49. The second-order valence-corrected chi connectivity index (χ2v) is 6.39. The van der Waals surface area contributed by atoms with Gasteiger partial charge in [0.15, 0.2) is 0 Å². The van der Waals surface area contributed by atoms with Gasteiger partial charge in [-0.3, -0.25) is 14.4 Å². The summed E-state index contributed by atoms with van der Waals surface area (Å²) < 4.78 is 10.7. The Kier molecular flexibility index (Phi) is 7.64. The molecule has 0 aromatic carbocycles. The molecule has 3 amide bonds. The van der Waals surface area contributed by atoms with E-state index in [0.29, 0.717) is 59.1 Å². The number of hydrogen-bond donors (Lipinski definition) is 0. The van der Waals surface area contributed by atoms with Crippen molar-refractivity contribution in [1.82, 2.24) is 14.7 Å². The van der Waals surface area contributed by atoms with E-state index < -0.39 is 17.9 Å². The van der Waals surface area contributed by atoms with Crippen LogP contribution in [0.25, 0.3) is 0 Å². The first kappa shape index (κ1) is 19.7. The molecule has 2 rings (SSSR count). The zero-order valence-corrected chi connectivity index (χ0v) is 15.2. The van der Waals surface area contributed by atoms with E-state index in [1.165, 1.54) is 9.80 Å². The monoisotopic (exact) mass is 355 g/mol. The summed E-state index contributed by atoms with van der Waals surface area (Å²) in [5.41, 5.74) is 0. The molecule has 8 heteroatoms. The fraction of sp³-hybridized carbons (Fsp3) is 0.824. The molecule has 0 aliphatic carbocycles. The van der Waals surface area contributed by atoms with Gasteiger partial charge in [0.1, 0.15) is 6.10 Å². The molecule has 142 valence electrons. The maximum Gasteiger partial charge on any atom is 0.312 e. The van der Waals surface area contributed by atoms with Crippen LogP contribution in [0.4, 0.5) is 0 Å². The van der Waals surface area contributed by atoms with Gasteiger partial charge in [0.05, 0.1) is 13.2 Å². The zero-order valence-electron chi connectivity index (χ0n) is 15.2. The van der Waals surface area contributed by atoms with Crippen LogP contribution in [0, 0.1) is 0 Å². The Labute approximate surface area is 149 Å². The first-order chi connectivity index (χ1) is 12.0. The highest BCUT2D eigenvalue weighted by molar-refractivity contribution is 6.34. The van der Waals surface area contributed by atoms with Crippen molar-refractivity contribution in [3.63, 3.8) is 0 Å². The van der Waals surface area contributed by atoms with Crippen LogP contribution in [0.5, 0.6) is 0 Å². The molecule has 1 atom stereocenters. The van der Waals surface area contributed by atoms with Crippen molar-refractivity contribution in [3.8, 4) is 0 Å². The van der Waals surface area contributed by atoms with Gasteiger partial charge in [-0.15, -0.1) is 0 Å². The molecule has 0 bridgehead atoms. The Morgan fingerprint density at radius 1 is 0.920 bits per heavy atom. The van der Waals surface area contributed by atoms with Crippen molar-refractivity contribution in [2.45, 2.75) is 32.8 Å². The fourth-order valence-electron chi connectivity index (χ4n) is 2.90. The Morgan fingerprint density at radius 2 is 1.44 bits per heavy atom. The molecule has 0 spiro atoms. The number of unbranched alkanes of at least 4 members (excludes halogenated alkanes) is 1. The molecule has 8 nitrogen and oxygen atoms in total. The molecule has 2 heterocycles. The Balaban J connectivity index is 1.77. The number of nitrogens with zero attached hydrogens (tertiary/aromatic N) is 3. The van der Waals surface area contributed by atoms with Crippen LogP contribution >= 0.6 is 0 Å². The largest absolute Gasteiger partial charge is 0.378 e. The van der Waals surface area contributed by atoms with E-state index in [4.69, 9.17) is 9.47 Å². The number of ether oxygens (including phenoxy) is 2. The molecule has 2 saturated heterocycles. The van der Waals surface area contributed by atoms with E-state index in [1.807, 2.05) is 0 Å². The molecule has 1 unspecified atom stereocenters. The van der Waals surface area contributed by atoms with E-state index in [0.717, 1.165) is 12.8 Å². The molecule has 25 heavy (non-hydrogen) atoms. The lowest BCUT2D eigenvalue weighted by Crippen LogP contribution is -2.56. The van der Waals surface area contributed by atoms with Crippen LogP contribution in [-0.4, -0.2) is 97.6 Å². The Morgan fingerprint density at radius 3 is 2.00 bits per heavy atom. The predicted molar refractivity (Wildman–Crippen MR) is 90.9 cm³/mol. The summed E-state index contributed by atoms with van der Waals surface area (Å²) in [5, 5.41) is 0. The second-order valence-electron chi connectivity index (χ2n) is 6.39. The average Bonchev–Trinajstić information content (AvgIpc) is 2.67. The summed E-state index contributed by atoms with van der Waals surface area (Å²) in [6, 6.07) is 0. The minimum atomic E-state index is -0.485. The third kappa shape index (κ3) is 5.40. The van der Waals surface area contributed by atoms with E-state index in [9.17, 15) is 14.4 Å². The fourth-order valence-corrected chi connectivity index (χ4v) is 2.90. The van der Waals surface area contributed by atoms with E-state index in [-0.39, 0.29) is 5.91 Å². The molecule has 0 saturated carbocycles. The van der Waals surface area contributed by atoms with Crippen LogP contribution in [0.2, 0.25) is 0 Å². The average molecular weight is 355 g/mol. The van der Waals surface area contributed by atoms with Gasteiger partial charge < -0.3 is 24.2 Å². The third-order valence-electron chi connectivity index (χ3n) is 4.57. The first-order valence-corrected chi connectivity index (χ1v) is 9.11. The minimum Gasteiger partial charge on any atom is -0.378 e. The van der Waals surface area contributed by atoms with Gasteiger partial charge in [-0.2, -0.15) is 0 Å². The topological polar surface area (TPSA) is 79.4 Å². The van der Waals surface area contributed by atoms with Crippen LogP contribution in [0.3, 0.4) is 0 Å². The van der Waals surface area contributed by atoms with Gasteiger partial charge in [-0.25, -0.2) is 0 Å². The molecule has 2 aliphatic rings. The van der Waals surface area contributed by atoms with Gasteiger partial charge in [0, 0.05) is 45.9 Å². The number of piperazine rings is 1. The van der Waals surface area contributed by atoms with Gasteiger partial charge in [0.2, 0.25) is 0 Å². The van der Waals surface area contributed by atoms with Gasteiger partial charge in [0.25, 0.3) is 5.91 Å². The predicted octanol–water partition coefficient (Wildman–Crippen LogP) is -0.279. The number of hydrogen-bond acceptors (Lipinski definition) is 5. The normalized spacial score (nSPS) is 19.7. The summed E-state index contributed by atoms with van der Waals surface area (Å²) >= 11 is 0. The number of rotatable bonds is 5. The molecule has 0 aromatic heterocycles. The highest BCUT2D eigenvalue weighted by Crippen LogP contribution is 2.09. The quantitative estimate of drug-likeness (QED) is 0.501. The summed E-state index contributed by atoms with van der Waals surface area (Å²) in [4.78, 5) is 41.7. The standard InChI is InChI=1S/C17H29N3O5/c1-3-4-11-25-14(2)15(21)18-5-7-19(8-6-18)16(22)17(23)20-9-12-24-13-10-20/h14H,3-13H2,1-2H3. The lowest BCUT2D eigenvalue weighted by Gasteiger charge is -2.36. The Hall–Kier alpha value is -1.67. The Bertz CT molecular complexity index is 471. The third-order valence-corrected chi connectivity index (χ3v) is 4.57. The van der Waals surface area contributed by atoms with Crippen molar-refractivity contribution in [1.29, 1.82) is 0 Å². The SMILES string of the molecule is CCCCOC(C)C(=O)N1CCN(C(=O)C(=O)N2CCOCC2)CC1. The highest BCUT2D eigenvalue weighted by Gasteiger charge is 2.32. The van der Waals surface area contributed by atoms with E-state index >= 15 is 0 Å². The summed E-state index contributed by atoms with van der Waals surface area (Å²) in [7, 11) is 0. The molecule has 2 fully saturated rings. The van der Waals surface area contributed by atoms with E-state index in [2.05, 4.69) is 6.92 Å². The molecule has 0 N–H and O–H groups in total. The smallest absolute Gasteiger partial charge is 0.312 e. The number of amides is 3. The number of carbonyl (C=O) groups is 3. The minimum absolute atomic E-state index is 0.0530. The van der Waals surface area contributed by atoms with Crippen molar-refractivity contribution in [3.05, 3.63) is 0 Å². The highest BCUT2D eigenvalue weighted by atomic mass is 16.5. The molecular weight excluding hydrogens is 326 g/mol. The summed E-state index contributed by atoms with van der Waals surface area (Å²) in [6.45, 7) is 7.88. The van der Waals surface area contributed by atoms with Crippen molar-refractivity contribution in [2.75, 3.05) is 59.1 Å². The lowest BCUT2D eigenvalue weighted by atomic mass is 10.2. The van der Waals surface area contributed by atoms with Gasteiger partial charge in [-0.05, 0) is 13.3 Å². The number of carbonyl (C=O) groups excluding carboxylic acids is 3. The van der Waals surface area contributed by atoms with Gasteiger partial charge in [-0.1, -0.05) is 13.3 Å². The van der Waals surface area contributed by atoms with Crippen LogP contribution in [0.15, 0.2) is 0 Å². The lowest BCUT2D eigenvalue weighted by molar-refractivity contribution is -0.156. The molecule has 0 radical (unpaired) electrons. The van der Waals surface area contributed by atoms with E-state index in [1.54, 1.807) is 11.8 Å². The molecular formula is C17H29N3O5. The maximum absolute atomic E-state index is 12.4. The van der Waals surface area contributed by atoms with Crippen molar-refractivity contribution in [2.24, 2.45) is 0 Å². The zero-order chi connectivity index (χ0) is 18.2. The first-order valence-electron chi connectivity index (χ1n) is 9.11. The van der Waals surface area contributed by atoms with Gasteiger partial charge >= 0.3 is 11.8 Å². The molecule has 0 aromatic rings. The van der Waals surface area contributed by atoms with Crippen LogP contribution in [0.1, 0.15) is 26.7 Å². The van der Waals surface area contributed by atoms with Crippen LogP contribution in [-0.2, 0) is 23.9 Å². The summed E-state index contributed by atoms with van der Waals surface area (Å²) in [5.74, 6) is -1.01. The molecule has 2 aliphatic heterocycles. The maximum atomic E-state index is 12.4. The second kappa shape index (κ2) is 9.72. The van der Waals surface area contributed by atoms with Crippen molar-refractivity contribution < 1.29 is 23.9 Å².